The van der Waals surface area contributed by atoms with Crippen molar-refractivity contribution in [1.82, 2.24) is 4.90 Å². The molecule has 200 valence electrons. The van der Waals surface area contributed by atoms with Gasteiger partial charge in [-0.15, -0.1) is 12.4 Å². The Bertz CT molecular complexity index is 1100. The minimum Gasteiger partial charge on any atom is -0.442 e. The molecule has 0 aromatic heterocycles. The summed E-state index contributed by atoms with van der Waals surface area (Å²) in [4.78, 5) is 49.3. The number of carbonyl (C=O) groups excluding carboxylic acids is 4. The number of cyclic esters (lactones) is 1. The molecule has 0 bridgehead atoms. The van der Waals surface area contributed by atoms with Crippen LogP contribution in [0.4, 0.5) is 19.7 Å². The van der Waals surface area contributed by atoms with Gasteiger partial charge in [0.25, 0.3) is 0 Å². The number of carbonyl (C=O) groups is 4. The van der Waals surface area contributed by atoms with Crippen molar-refractivity contribution in [2.24, 2.45) is 5.73 Å². The zero-order valence-corrected chi connectivity index (χ0v) is 21.0. The Labute approximate surface area is 213 Å². The van der Waals surface area contributed by atoms with Crippen LogP contribution >= 0.6 is 12.4 Å². The van der Waals surface area contributed by atoms with Crippen LogP contribution < -0.4 is 10.6 Å². The molecule has 1 aromatic rings. The number of hydrogen-bond acceptors (Lipinski definition) is 10. The summed E-state index contributed by atoms with van der Waals surface area (Å²) in [6.45, 7) is -0.455. The summed E-state index contributed by atoms with van der Waals surface area (Å²) in [5.74, 6) is -2.29. The van der Waals surface area contributed by atoms with Gasteiger partial charge in [0.2, 0.25) is 12.7 Å². The summed E-state index contributed by atoms with van der Waals surface area (Å²) in [6.07, 6.45) is -2.16. The second-order valence-electron chi connectivity index (χ2n) is 8.13. The fourth-order valence-electron chi connectivity index (χ4n) is 3.86. The smallest absolute Gasteiger partial charge is 0.419 e. The van der Waals surface area contributed by atoms with Crippen LogP contribution in [0.5, 0.6) is 0 Å². The van der Waals surface area contributed by atoms with Gasteiger partial charge < -0.3 is 19.9 Å². The van der Waals surface area contributed by atoms with Crippen LogP contribution in [-0.4, -0.2) is 81.4 Å². The molecule has 3 rings (SSSR count). The Morgan fingerprint density at radius 2 is 1.89 bits per heavy atom. The lowest BCUT2D eigenvalue weighted by Gasteiger charge is -2.23. The zero-order chi connectivity index (χ0) is 25.8. The second-order valence-corrected chi connectivity index (χ2v) is 10.4. The number of nitrogens with two attached hydrogens (primary N) is 1. The van der Waals surface area contributed by atoms with Crippen LogP contribution in [0, 0.1) is 5.82 Å². The van der Waals surface area contributed by atoms with Crippen molar-refractivity contribution in [2.75, 3.05) is 42.8 Å². The summed E-state index contributed by atoms with van der Waals surface area (Å²) in [5.41, 5.74) is 5.67. The van der Waals surface area contributed by atoms with Crippen molar-refractivity contribution in [3.63, 3.8) is 0 Å². The fourth-order valence-corrected chi connectivity index (χ4v) is 5.35. The van der Waals surface area contributed by atoms with Gasteiger partial charge in [-0.3, -0.25) is 14.5 Å². The van der Waals surface area contributed by atoms with Crippen molar-refractivity contribution in [1.29, 1.82) is 0 Å². The van der Waals surface area contributed by atoms with Crippen molar-refractivity contribution in [3.8, 4) is 0 Å². The molecule has 1 aromatic carbocycles. The van der Waals surface area contributed by atoms with E-state index in [2.05, 4.69) is 4.74 Å². The number of halogens is 2. The largest absolute Gasteiger partial charge is 0.442 e. The maximum absolute atomic E-state index is 14.8. The highest BCUT2D eigenvalue weighted by molar-refractivity contribution is 7.91. The molecule has 2 aliphatic heterocycles. The number of nitrogens with zero attached hydrogens (tertiary/aromatic N) is 2. The van der Waals surface area contributed by atoms with Crippen LogP contribution in [0.2, 0.25) is 0 Å². The van der Waals surface area contributed by atoms with Crippen LogP contribution in [0.15, 0.2) is 18.2 Å². The quantitative estimate of drug-likeness (QED) is 0.386. The summed E-state index contributed by atoms with van der Waals surface area (Å²) >= 11 is 0. The molecule has 36 heavy (non-hydrogen) atoms. The molecule has 1 atom stereocenters. The number of benzene rings is 1. The zero-order valence-electron chi connectivity index (χ0n) is 19.4. The molecule has 0 saturated carbocycles. The SMILES string of the molecule is CC(=O)N(C[C@H]1CN(c2ccc(C3CCS(=O)(=O)CC3)c(F)c2)C(=O)O1)C(=O)OCOC(=O)CN.Cl. The minimum atomic E-state index is -3.08. The number of ether oxygens (including phenoxy) is 3. The first-order chi connectivity index (χ1) is 16.5. The number of imide groups is 1. The van der Waals surface area contributed by atoms with Crippen LogP contribution in [0.3, 0.4) is 0 Å². The van der Waals surface area contributed by atoms with E-state index < -0.39 is 59.2 Å². The first-order valence-electron chi connectivity index (χ1n) is 10.8. The predicted molar refractivity (Wildman–Crippen MR) is 126 cm³/mol. The third kappa shape index (κ3) is 7.27. The maximum atomic E-state index is 14.8. The van der Waals surface area contributed by atoms with Gasteiger partial charge in [-0.05, 0) is 36.5 Å². The predicted octanol–water partition coefficient (Wildman–Crippen LogP) is 1.31. The van der Waals surface area contributed by atoms with E-state index >= 15 is 0 Å². The van der Waals surface area contributed by atoms with E-state index in [4.69, 9.17) is 15.2 Å². The van der Waals surface area contributed by atoms with Gasteiger partial charge in [-0.2, -0.15) is 0 Å². The maximum Gasteiger partial charge on any atom is 0.419 e. The van der Waals surface area contributed by atoms with Crippen LogP contribution in [0.1, 0.15) is 31.2 Å². The van der Waals surface area contributed by atoms with Gasteiger partial charge in [0.05, 0.1) is 36.8 Å². The summed E-state index contributed by atoms with van der Waals surface area (Å²) in [6, 6.07) is 4.23. The summed E-state index contributed by atoms with van der Waals surface area (Å²) < 4.78 is 52.6. The Morgan fingerprint density at radius 3 is 2.47 bits per heavy atom. The monoisotopic (exact) mass is 551 g/mol. The molecule has 0 spiro atoms. The molecule has 12 nitrogen and oxygen atoms in total. The Hall–Kier alpha value is -2.97. The highest BCUT2D eigenvalue weighted by Crippen LogP contribution is 2.33. The number of sulfone groups is 1. The van der Waals surface area contributed by atoms with E-state index in [0.29, 0.717) is 23.3 Å². The van der Waals surface area contributed by atoms with Crippen molar-refractivity contribution >= 4 is 52.0 Å². The summed E-state index contributed by atoms with van der Waals surface area (Å²) in [7, 11) is -3.08. The Kier molecular flexibility index (Phi) is 10.0. The normalized spacial score (nSPS) is 19.1. The van der Waals surface area contributed by atoms with Gasteiger partial charge in [-0.25, -0.2) is 27.3 Å². The minimum absolute atomic E-state index is 0. The molecule has 2 heterocycles. The third-order valence-electron chi connectivity index (χ3n) is 5.72. The first-order valence-corrected chi connectivity index (χ1v) is 12.6. The number of hydrogen-bond donors (Lipinski definition) is 1. The van der Waals surface area contributed by atoms with E-state index in [1.807, 2.05) is 0 Å². The topological polar surface area (TPSA) is 163 Å². The molecule has 0 unspecified atom stereocenters. The molecule has 15 heteroatoms. The number of esters is 1. The Morgan fingerprint density at radius 1 is 1.22 bits per heavy atom. The lowest BCUT2D eigenvalue weighted by atomic mass is 9.93. The molecular weight excluding hydrogens is 525 g/mol. The Balaban J connectivity index is 0.00000456. The van der Waals surface area contributed by atoms with E-state index in [0.717, 1.165) is 11.8 Å². The average molecular weight is 552 g/mol. The van der Waals surface area contributed by atoms with Gasteiger partial charge in [0, 0.05) is 6.92 Å². The van der Waals surface area contributed by atoms with Gasteiger partial charge in [0.1, 0.15) is 21.8 Å². The number of rotatable bonds is 7. The highest BCUT2D eigenvalue weighted by atomic mass is 35.5. The number of amides is 3. The second kappa shape index (κ2) is 12.3. The van der Waals surface area contributed by atoms with Crippen LogP contribution in [-0.2, 0) is 33.6 Å². The number of anilines is 1. The third-order valence-corrected chi connectivity index (χ3v) is 7.44. The molecule has 3 amide bonds. The molecule has 2 N–H and O–H groups in total. The first kappa shape index (κ1) is 29.3. The molecular formula is C21H27ClFN3O9S. The van der Waals surface area contributed by atoms with E-state index in [1.54, 1.807) is 0 Å². The van der Waals surface area contributed by atoms with Gasteiger partial charge >= 0.3 is 18.2 Å². The van der Waals surface area contributed by atoms with Crippen molar-refractivity contribution < 1.29 is 46.2 Å². The molecule has 0 radical (unpaired) electrons. The van der Waals surface area contributed by atoms with E-state index in [-0.39, 0.29) is 48.6 Å². The van der Waals surface area contributed by atoms with E-state index in [1.165, 1.54) is 18.2 Å². The van der Waals surface area contributed by atoms with Crippen molar-refractivity contribution in [3.05, 3.63) is 29.6 Å². The van der Waals surface area contributed by atoms with Gasteiger partial charge in [-0.1, -0.05) is 6.07 Å². The highest BCUT2D eigenvalue weighted by Gasteiger charge is 2.36. The molecule has 2 aliphatic rings. The average Bonchev–Trinajstić information content (AvgIpc) is 3.17. The molecule has 0 aliphatic carbocycles. The standard InChI is InChI=1S/C21H26FN3O9S.ClH/c1-13(26)24(20(28)33-12-32-19(27)9-23)10-16-11-25(21(29)34-16)15-2-3-17(18(22)8-15)14-4-6-35(30,31)7-5-14;/h2-3,8,14,16H,4-7,9-12,23H2,1H3;1H/t16-;/m0./s1. The molecule has 2 fully saturated rings. The van der Waals surface area contributed by atoms with Crippen molar-refractivity contribution in [2.45, 2.75) is 31.8 Å². The molecule has 2 saturated heterocycles. The van der Waals surface area contributed by atoms with E-state index in [9.17, 15) is 32.0 Å². The van der Waals surface area contributed by atoms with Gasteiger partial charge in [0.15, 0.2) is 0 Å². The van der Waals surface area contributed by atoms with Crippen LogP contribution in [0.25, 0.3) is 0 Å². The summed E-state index contributed by atoms with van der Waals surface area (Å²) in [5, 5.41) is 0. The fraction of sp³-hybridized carbons (Fsp3) is 0.524. The lowest BCUT2D eigenvalue weighted by Crippen LogP contribution is -2.42. The lowest BCUT2D eigenvalue weighted by molar-refractivity contribution is -0.151.